The van der Waals surface area contributed by atoms with E-state index < -0.39 is 17.9 Å². The number of carbonyl (C=O) groups excluding carboxylic acids is 1. The smallest absolute Gasteiger partial charge is 0.305 e. The molecule has 0 unspecified atom stereocenters. The fraction of sp³-hybridized carbons (Fsp3) is 0.238. The summed E-state index contributed by atoms with van der Waals surface area (Å²) in [4.78, 5) is 25.3. The van der Waals surface area contributed by atoms with Crippen molar-refractivity contribution < 1.29 is 19.4 Å². The third-order valence-corrected chi connectivity index (χ3v) is 4.04. The second-order valence-corrected chi connectivity index (χ2v) is 6.54. The number of hydrogen-bond acceptors (Lipinski definition) is 5. The molecule has 8 heteroatoms. The van der Waals surface area contributed by atoms with Crippen molar-refractivity contribution in [3.05, 3.63) is 65.2 Å². The van der Waals surface area contributed by atoms with Gasteiger partial charge in [-0.1, -0.05) is 18.2 Å². The highest BCUT2D eigenvalue weighted by Gasteiger charge is 2.18. The highest BCUT2D eigenvalue weighted by atomic mass is 16.5. The van der Waals surface area contributed by atoms with E-state index in [4.69, 9.17) is 20.5 Å². The summed E-state index contributed by atoms with van der Waals surface area (Å²) in [6, 6.07) is 14.2. The number of carboxylic acid groups (broad SMARTS) is 1. The van der Waals surface area contributed by atoms with Crippen LogP contribution in [-0.4, -0.2) is 54.5 Å². The molecule has 0 aliphatic rings. The minimum Gasteiger partial charge on any atom is -0.491 e. The zero-order chi connectivity index (χ0) is 21.4. The number of aliphatic carboxylic acids is 1. The number of rotatable bonds is 8. The van der Waals surface area contributed by atoms with Crippen LogP contribution in [-0.2, 0) is 4.79 Å². The molecule has 29 heavy (non-hydrogen) atoms. The first-order valence-corrected chi connectivity index (χ1v) is 8.82. The van der Waals surface area contributed by atoms with Crippen LogP contribution in [0.1, 0.15) is 27.9 Å². The molecule has 0 aliphatic heterocycles. The van der Waals surface area contributed by atoms with Gasteiger partial charge in [-0.25, -0.2) is 0 Å². The van der Waals surface area contributed by atoms with Crippen LogP contribution >= 0.6 is 0 Å². The average Bonchev–Trinajstić information content (AvgIpc) is 2.71. The molecule has 0 saturated carbocycles. The molecule has 0 spiro atoms. The zero-order valence-corrected chi connectivity index (χ0v) is 16.2. The summed E-state index contributed by atoms with van der Waals surface area (Å²) in [5.41, 5.74) is 1.43. The van der Waals surface area contributed by atoms with Crippen LogP contribution in [0.2, 0.25) is 0 Å². The number of nitrogens with zero attached hydrogens (tertiary/aromatic N) is 2. The fourth-order valence-electron chi connectivity index (χ4n) is 2.52. The summed E-state index contributed by atoms with van der Waals surface area (Å²) in [5.74, 6) is -0.776. The van der Waals surface area contributed by atoms with Gasteiger partial charge in [-0.2, -0.15) is 5.26 Å². The second kappa shape index (κ2) is 9.90. The minimum absolute atomic E-state index is 0.0592. The van der Waals surface area contributed by atoms with Crippen LogP contribution in [0.15, 0.2) is 48.5 Å². The second-order valence-electron chi connectivity index (χ2n) is 6.54. The molecule has 2 rings (SSSR count). The lowest BCUT2D eigenvalue weighted by atomic mass is 10.1. The van der Waals surface area contributed by atoms with Gasteiger partial charge in [-0.05, 0) is 30.3 Å². The summed E-state index contributed by atoms with van der Waals surface area (Å²) in [7, 11) is 3.51. The Labute approximate surface area is 168 Å². The number of ether oxygens (including phenoxy) is 1. The van der Waals surface area contributed by atoms with Gasteiger partial charge in [-0.3, -0.25) is 15.0 Å². The van der Waals surface area contributed by atoms with Gasteiger partial charge >= 0.3 is 5.97 Å². The lowest BCUT2D eigenvalue weighted by molar-refractivity contribution is -0.137. The molecule has 8 nitrogen and oxygen atoms in total. The molecule has 3 N–H and O–H groups in total. The topological polar surface area (TPSA) is 127 Å². The predicted octanol–water partition coefficient (Wildman–Crippen LogP) is 2.10. The van der Waals surface area contributed by atoms with Crippen molar-refractivity contribution in [2.75, 3.05) is 20.7 Å². The Morgan fingerprint density at radius 3 is 2.45 bits per heavy atom. The van der Waals surface area contributed by atoms with E-state index in [1.807, 2.05) is 6.07 Å². The Balaban J connectivity index is 2.04. The Kier molecular flexibility index (Phi) is 7.32. The first-order valence-electron chi connectivity index (χ1n) is 8.82. The van der Waals surface area contributed by atoms with Crippen molar-refractivity contribution in [1.82, 2.24) is 10.2 Å². The van der Waals surface area contributed by atoms with Crippen LogP contribution in [0.4, 0.5) is 0 Å². The molecule has 0 fully saturated rings. The largest absolute Gasteiger partial charge is 0.491 e. The van der Waals surface area contributed by atoms with Gasteiger partial charge in [0, 0.05) is 25.2 Å². The van der Waals surface area contributed by atoms with Crippen molar-refractivity contribution in [1.29, 1.82) is 10.7 Å². The lowest BCUT2D eigenvalue weighted by Crippen LogP contribution is -2.40. The molecular formula is C21H22N4O4. The number of nitriles is 1. The van der Waals surface area contributed by atoms with E-state index in [1.165, 1.54) is 6.07 Å². The van der Waals surface area contributed by atoms with Gasteiger partial charge in [0.05, 0.1) is 24.1 Å². The van der Waals surface area contributed by atoms with E-state index in [2.05, 4.69) is 5.32 Å². The maximum Gasteiger partial charge on any atom is 0.305 e. The van der Waals surface area contributed by atoms with Gasteiger partial charge in [0.15, 0.2) is 0 Å². The molecule has 0 radical (unpaired) electrons. The molecule has 0 aliphatic carbocycles. The van der Waals surface area contributed by atoms with Gasteiger partial charge in [0.25, 0.3) is 5.91 Å². The summed E-state index contributed by atoms with van der Waals surface area (Å²) < 4.78 is 5.56. The van der Waals surface area contributed by atoms with Crippen molar-refractivity contribution in [2.24, 2.45) is 0 Å². The molecule has 0 bridgehead atoms. The van der Waals surface area contributed by atoms with Crippen molar-refractivity contribution in [3.63, 3.8) is 0 Å². The number of carbonyl (C=O) groups is 2. The summed E-state index contributed by atoms with van der Waals surface area (Å²) >= 11 is 0. The zero-order valence-electron chi connectivity index (χ0n) is 16.2. The maximum absolute atomic E-state index is 12.5. The van der Waals surface area contributed by atoms with Gasteiger partial charge in [0.1, 0.15) is 18.2 Å². The normalized spacial score (nSPS) is 11.1. The van der Waals surface area contributed by atoms with E-state index >= 15 is 0 Å². The average molecular weight is 394 g/mol. The highest BCUT2D eigenvalue weighted by Crippen LogP contribution is 2.13. The Bertz CT molecular complexity index is 932. The molecule has 0 saturated heterocycles. The summed E-state index contributed by atoms with van der Waals surface area (Å²) in [6.07, 6.45) is -0.312. The van der Waals surface area contributed by atoms with E-state index in [0.717, 1.165) is 0 Å². The van der Waals surface area contributed by atoms with Crippen LogP contribution in [0.3, 0.4) is 0 Å². The Morgan fingerprint density at radius 2 is 1.86 bits per heavy atom. The van der Waals surface area contributed by atoms with E-state index in [9.17, 15) is 9.59 Å². The molecular weight excluding hydrogens is 372 g/mol. The minimum atomic E-state index is -1.07. The van der Waals surface area contributed by atoms with E-state index in [-0.39, 0.29) is 13.0 Å². The van der Waals surface area contributed by atoms with Gasteiger partial charge in [-0.15, -0.1) is 0 Å². The molecule has 0 aromatic heterocycles. The first kappa shape index (κ1) is 21.4. The molecule has 1 atom stereocenters. The number of carboxylic acids is 1. The standard InChI is InChI=1S/C21H22N4O4/c1-25(2)20(23)15-6-8-16(9-7-15)21(28)24-17(11-19(26)27)13-29-18-5-3-4-14(10-18)12-22/h3-10,17,23H,11,13H2,1-2H3,(H,24,28)(H,26,27)/t17-/m1/s1. The van der Waals surface area contributed by atoms with E-state index in [1.54, 1.807) is 61.5 Å². The number of amides is 1. The molecule has 150 valence electrons. The van der Waals surface area contributed by atoms with Crippen LogP contribution < -0.4 is 10.1 Å². The van der Waals surface area contributed by atoms with Crippen LogP contribution in [0, 0.1) is 16.7 Å². The highest BCUT2D eigenvalue weighted by molar-refractivity contribution is 5.98. The monoisotopic (exact) mass is 394 g/mol. The molecule has 1 amide bonds. The first-order chi connectivity index (χ1) is 13.8. The number of hydrogen-bond donors (Lipinski definition) is 3. The quantitative estimate of drug-likeness (QED) is 0.465. The Morgan fingerprint density at radius 1 is 1.21 bits per heavy atom. The van der Waals surface area contributed by atoms with Gasteiger partial charge < -0.3 is 20.1 Å². The SMILES string of the molecule is CN(C)C(=N)c1ccc(C(=O)N[C@@H](COc2cccc(C#N)c2)CC(=O)O)cc1. The Hall–Kier alpha value is -3.86. The van der Waals surface area contributed by atoms with E-state index in [0.29, 0.717) is 28.3 Å². The van der Waals surface area contributed by atoms with Crippen LogP contribution in [0.25, 0.3) is 0 Å². The number of benzene rings is 2. The number of nitrogens with one attached hydrogen (secondary N) is 2. The maximum atomic E-state index is 12.5. The molecule has 2 aromatic carbocycles. The predicted molar refractivity (Wildman–Crippen MR) is 107 cm³/mol. The molecule has 0 heterocycles. The lowest BCUT2D eigenvalue weighted by Gasteiger charge is -2.18. The fourth-order valence-corrected chi connectivity index (χ4v) is 2.52. The third-order valence-electron chi connectivity index (χ3n) is 4.04. The summed E-state index contributed by atoms with van der Waals surface area (Å²) in [5, 5.41) is 28.7. The third kappa shape index (κ3) is 6.36. The summed E-state index contributed by atoms with van der Waals surface area (Å²) in [6.45, 7) is -0.0592. The van der Waals surface area contributed by atoms with Crippen LogP contribution in [0.5, 0.6) is 5.75 Å². The molecule has 2 aromatic rings. The van der Waals surface area contributed by atoms with Crippen molar-refractivity contribution in [3.8, 4) is 11.8 Å². The van der Waals surface area contributed by atoms with Crippen molar-refractivity contribution >= 4 is 17.7 Å². The van der Waals surface area contributed by atoms with Gasteiger partial charge in [0.2, 0.25) is 0 Å². The van der Waals surface area contributed by atoms with Crippen molar-refractivity contribution in [2.45, 2.75) is 12.5 Å². The number of amidine groups is 1.